The monoisotopic (exact) mass is 404 g/mol. The van der Waals surface area contributed by atoms with Gasteiger partial charge in [-0.1, -0.05) is 0 Å². The Bertz CT molecular complexity index is 488. The highest BCUT2D eigenvalue weighted by Gasteiger charge is 2.18. The Labute approximate surface area is 138 Å². The number of nitrogens with one attached hydrogen (secondary N) is 1. The topological polar surface area (TPSA) is 84.6 Å². The molecule has 21 heavy (non-hydrogen) atoms. The SMILES string of the molecule is NC1CCC(OCCNC(=O)c2ccc(I)c(O)c2)CC1. The largest absolute Gasteiger partial charge is 0.507 e. The fourth-order valence-corrected chi connectivity index (χ4v) is 2.74. The molecule has 116 valence electrons. The summed E-state index contributed by atoms with van der Waals surface area (Å²) < 4.78 is 6.46. The van der Waals surface area contributed by atoms with E-state index in [2.05, 4.69) is 5.32 Å². The van der Waals surface area contributed by atoms with E-state index in [0.29, 0.717) is 24.8 Å². The van der Waals surface area contributed by atoms with E-state index in [0.717, 1.165) is 29.3 Å². The van der Waals surface area contributed by atoms with E-state index in [9.17, 15) is 9.90 Å². The van der Waals surface area contributed by atoms with E-state index in [1.807, 2.05) is 22.6 Å². The summed E-state index contributed by atoms with van der Waals surface area (Å²) in [6.45, 7) is 0.968. The van der Waals surface area contributed by atoms with Crippen LogP contribution < -0.4 is 11.1 Å². The second kappa shape index (κ2) is 7.95. The predicted octanol–water partition coefficient (Wildman–Crippen LogP) is 2.01. The van der Waals surface area contributed by atoms with Gasteiger partial charge in [-0.3, -0.25) is 4.79 Å². The molecule has 5 nitrogen and oxygen atoms in total. The Balaban J connectivity index is 1.68. The van der Waals surface area contributed by atoms with Crippen LogP contribution >= 0.6 is 22.6 Å². The van der Waals surface area contributed by atoms with E-state index in [1.54, 1.807) is 12.1 Å². The van der Waals surface area contributed by atoms with Crippen LogP contribution in [0.2, 0.25) is 0 Å². The normalized spacial score (nSPS) is 22.0. The summed E-state index contributed by atoms with van der Waals surface area (Å²) in [5.41, 5.74) is 6.30. The molecule has 4 N–H and O–H groups in total. The van der Waals surface area contributed by atoms with Gasteiger partial charge < -0.3 is 20.9 Å². The molecule has 0 bridgehead atoms. The van der Waals surface area contributed by atoms with Gasteiger partial charge in [-0.25, -0.2) is 0 Å². The summed E-state index contributed by atoms with van der Waals surface area (Å²) in [7, 11) is 0. The van der Waals surface area contributed by atoms with Gasteiger partial charge in [-0.2, -0.15) is 0 Å². The Morgan fingerprint density at radius 3 is 2.76 bits per heavy atom. The number of amides is 1. The number of hydrogen-bond acceptors (Lipinski definition) is 4. The number of carbonyl (C=O) groups is 1. The molecule has 0 heterocycles. The highest BCUT2D eigenvalue weighted by Crippen LogP contribution is 2.21. The van der Waals surface area contributed by atoms with Crippen molar-refractivity contribution < 1.29 is 14.6 Å². The summed E-state index contributed by atoms with van der Waals surface area (Å²) in [6, 6.07) is 5.20. The molecule has 2 rings (SSSR count). The van der Waals surface area contributed by atoms with Crippen molar-refractivity contribution in [3.63, 3.8) is 0 Å². The number of ether oxygens (including phenoxy) is 1. The third kappa shape index (κ3) is 5.12. The standard InChI is InChI=1S/C15H21IN2O3/c16-13-6-1-10(9-14(13)19)15(20)18-7-8-21-12-4-2-11(17)3-5-12/h1,6,9,11-12,19H,2-5,7-8,17H2,(H,18,20). The maximum Gasteiger partial charge on any atom is 0.251 e. The van der Waals surface area contributed by atoms with Crippen molar-refractivity contribution in [1.82, 2.24) is 5.32 Å². The van der Waals surface area contributed by atoms with Crippen molar-refractivity contribution in [2.24, 2.45) is 5.73 Å². The van der Waals surface area contributed by atoms with Gasteiger partial charge in [0.1, 0.15) is 5.75 Å². The first-order valence-corrected chi connectivity index (χ1v) is 8.28. The summed E-state index contributed by atoms with van der Waals surface area (Å²) in [6.07, 6.45) is 4.29. The summed E-state index contributed by atoms with van der Waals surface area (Å²) in [5, 5.41) is 12.4. The number of nitrogens with two attached hydrogens (primary N) is 1. The molecule has 0 atom stereocenters. The van der Waals surface area contributed by atoms with Gasteiger partial charge >= 0.3 is 0 Å². The zero-order valence-electron chi connectivity index (χ0n) is 11.8. The van der Waals surface area contributed by atoms with Gasteiger partial charge in [0.25, 0.3) is 5.91 Å². The van der Waals surface area contributed by atoms with Crippen molar-refractivity contribution in [2.75, 3.05) is 13.2 Å². The van der Waals surface area contributed by atoms with E-state index in [-0.39, 0.29) is 17.8 Å². The molecule has 1 saturated carbocycles. The molecule has 1 fully saturated rings. The van der Waals surface area contributed by atoms with Crippen LogP contribution in [0.3, 0.4) is 0 Å². The average Bonchev–Trinajstić information content (AvgIpc) is 2.48. The van der Waals surface area contributed by atoms with E-state index >= 15 is 0 Å². The van der Waals surface area contributed by atoms with Crippen LogP contribution in [0.25, 0.3) is 0 Å². The van der Waals surface area contributed by atoms with Crippen LogP contribution in [-0.4, -0.2) is 36.3 Å². The van der Waals surface area contributed by atoms with Crippen molar-refractivity contribution in [1.29, 1.82) is 0 Å². The first-order valence-electron chi connectivity index (χ1n) is 7.20. The Morgan fingerprint density at radius 2 is 2.10 bits per heavy atom. The smallest absolute Gasteiger partial charge is 0.251 e. The minimum absolute atomic E-state index is 0.123. The number of carbonyl (C=O) groups excluding carboxylic acids is 1. The summed E-state index contributed by atoms with van der Waals surface area (Å²) in [5.74, 6) is -0.0750. The number of rotatable bonds is 5. The number of aromatic hydroxyl groups is 1. The molecule has 1 amide bonds. The molecule has 0 aliphatic heterocycles. The number of benzene rings is 1. The summed E-state index contributed by atoms with van der Waals surface area (Å²) >= 11 is 2.01. The highest BCUT2D eigenvalue weighted by atomic mass is 127. The van der Waals surface area contributed by atoms with Crippen molar-refractivity contribution in [2.45, 2.75) is 37.8 Å². The molecule has 1 aliphatic carbocycles. The quantitative estimate of drug-likeness (QED) is 0.518. The molecule has 1 aromatic carbocycles. The number of phenols is 1. The molecule has 0 spiro atoms. The lowest BCUT2D eigenvalue weighted by molar-refractivity contribution is 0.0267. The highest BCUT2D eigenvalue weighted by molar-refractivity contribution is 14.1. The average molecular weight is 404 g/mol. The second-order valence-electron chi connectivity index (χ2n) is 5.33. The maximum absolute atomic E-state index is 11.9. The first-order chi connectivity index (χ1) is 10.1. The zero-order chi connectivity index (χ0) is 15.2. The number of hydrogen-bond donors (Lipinski definition) is 3. The van der Waals surface area contributed by atoms with Crippen molar-refractivity contribution in [3.8, 4) is 5.75 Å². The second-order valence-corrected chi connectivity index (χ2v) is 6.49. The number of phenolic OH excluding ortho intramolecular Hbond substituents is 1. The van der Waals surface area contributed by atoms with Crippen LogP contribution in [0.4, 0.5) is 0 Å². The Morgan fingerprint density at radius 1 is 1.38 bits per heavy atom. The molecule has 1 aromatic rings. The molecule has 1 aliphatic rings. The molecule has 0 unspecified atom stereocenters. The van der Waals surface area contributed by atoms with Crippen LogP contribution in [-0.2, 0) is 4.74 Å². The lowest BCUT2D eigenvalue weighted by Gasteiger charge is -2.26. The van der Waals surface area contributed by atoms with Crippen LogP contribution in [0.1, 0.15) is 36.0 Å². The molecular weight excluding hydrogens is 383 g/mol. The van der Waals surface area contributed by atoms with Crippen molar-refractivity contribution in [3.05, 3.63) is 27.3 Å². The van der Waals surface area contributed by atoms with Gasteiger partial charge in [0, 0.05) is 18.2 Å². The third-order valence-corrected chi connectivity index (χ3v) is 4.58. The van der Waals surface area contributed by atoms with Crippen LogP contribution in [0.5, 0.6) is 5.75 Å². The van der Waals surface area contributed by atoms with E-state index < -0.39 is 0 Å². The van der Waals surface area contributed by atoms with Gasteiger partial charge in [0.05, 0.1) is 16.3 Å². The molecule has 6 heteroatoms. The fraction of sp³-hybridized carbons (Fsp3) is 0.533. The third-order valence-electron chi connectivity index (χ3n) is 3.67. The molecular formula is C15H21IN2O3. The minimum Gasteiger partial charge on any atom is -0.507 e. The van der Waals surface area contributed by atoms with Crippen molar-refractivity contribution >= 4 is 28.5 Å². The first kappa shape index (κ1) is 16.5. The Hall–Kier alpha value is -0.860. The minimum atomic E-state index is -0.198. The van der Waals surface area contributed by atoms with Gasteiger partial charge in [-0.05, 0) is 66.5 Å². The zero-order valence-corrected chi connectivity index (χ0v) is 14.0. The van der Waals surface area contributed by atoms with Crippen LogP contribution in [0.15, 0.2) is 18.2 Å². The lowest BCUT2D eigenvalue weighted by atomic mass is 9.94. The van der Waals surface area contributed by atoms with E-state index in [1.165, 1.54) is 6.07 Å². The molecule has 0 aromatic heterocycles. The Kier molecular flexibility index (Phi) is 6.25. The van der Waals surface area contributed by atoms with Gasteiger partial charge in [0.15, 0.2) is 0 Å². The summed E-state index contributed by atoms with van der Waals surface area (Å²) in [4.78, 5) is 11.9. The molecule has 0 radical (unpaired) electrons. The maximum atomic E-state index is 11.9. The van der Waals surface area contributed by atoms with E-state index in [4.69, 9.17) is 10.5 Å². The van der Waals surface area contributed by atoms with Crippen LogP contribution in [0, 0.1) is 3.57 Å². The fourth-order valence-electron chi connectivity index (χ4n) is 2.40. The number of halogens is 1. The van der Waals surface area contributed by atoms with Gasteiger partial charge in [0.2, 0.25) is 0 Å². The van der Waals surface area contributed by atoms with Gasteiger partial charge in [-0.15, -0.1) is 0 Å². The lowest BCUT2D eigenvalue weighted by Crippen LogP contribution is -2.33. The molecule has 0 saturated heterocycles. The predicted molar refractivity (Wildman–Crippen MR) is 89.3 cm³/mol.